The van der Waals surface area contributed by atoms with Crippen molar-refractivity contribution in [2.75, 3.05) is 16.9 Å². The van der Waals surface area contributed by atoms with Gasteiger partial charge in [-0.05, 0) is 60.4 Å². The highest BCUT2D eigenvalue weighted by Crippen LogP contribution is 2.40. The Morgan fingerprint density at radius 1 is 1.09 bits per heavy atom. The summed E-state index contributed by atoms with van der Waals surface area (Å²) in [5.74, 6) is 0.293. The van der Waals surface area contributed by atoms with E-state index in [0.717, 1.165) is 36.8 Å². The molecule has 4 rings (SSSR count). The van der Waals surface area contributed by atoms with Crippen molar-refractivity contribution >= 4 is 27.5 Å². The predicted molar refractivity (Wildman–Crippen MR) is 133 cm³/mol. The first-order chi connectivity index (χ1) is 16.7. The van der Waals surface area contributed by atoms with Crippen LogP contribution in [0.4, 0.5) is 11.5 Å². The summed E-state index contributed by atoms with van der Waals surface area (Å²) in [6.07, 6.45) is 9.80. The molecule has 0 saturated heterocycles. The summed E-state index contributed by atoms with van der Waals surface area (Å²) in [4.78, 5) is 21.2. The van der Waals surface area contributed by atoms with Gasteiger partial charge in [0.05, 0.1) is 23.3 Å². The molecule has 9 nitrogen and oxygen atoms in total. The van der Waals surface area contributed by atoms with E-state index in [9.17, 15) is 18.5 Å². The van der Waals surface area contributed by atoms with Crippen molar-refractivity contribution in [2.45, 2.75) is 37.6 Å². The third-order valence-corrected chi connectivity index (χ3v) is 5.63. The zero-order valence-corrected chi connectivity index (χ0v) is 20.1. The van der Waals surface area contributed by atoms with Crippen molar-refractivity contribution in [3.05, 3.63) is 83.8 Å². The number of nitriles is 1. The minimum atomic E-state index is -3.67. The second kappa shape index (κ2) is 11.6. The number of aromatic nitrogens is 2. The Labute approximate surface area is 205 Å². The number of hydrogen-bond donors (Lipinski definition) is 3. The van der Waals surface area contributed by atoms with Gasteiger partial charge in [-0.3, -0.25) is 14.3 Å². The first-order valence-corrected chi connectivity index (χ1v) is 12.9. The second-order valence-corrected chi connectivity index (χ2v) is 9.74. The highest BCUT2D eigenvalue weighted by Gasteiger charge is 2.35. The monoisotopic (exact) mass is 493 g/mol. The topological polar surface area (TPSA) is 145 Å². The van der Waals surface area contributed by atoms with Crippen LogP contribution in [-0.2, 0) is 22.1 Å². The summed E-state index contributed by atoms with van der Waals surface area (Å²) in [6.45, 7) is 0.546. The zero-order valence-electron chi connectivity index (χ0n) is 19.3. The molecule has 2 heterocycles. The largest absolute Gasteiger partial charge is 0.365 e. The van der Waals surface area contributed by atoms with Crippen LogP contribution in [0.1, 0.15) is 47.2 Å². The number of anilines is 2. The lowest BCUT2D eigenvalue weighted by Crippen LogP contribution is -2.19. The van der Waals surface area contributed by atoms with Crippen molar-refractivity contribution in [3.63, 3.8) is 0 Å². The molecule has 1 aromatic carbocycles. The Balaban J connectivity index is 0.000000623. The normalized spacial score (nSPS) is 14.2. The SMILES string of the molecule is CS(=O)(=O)O.N#CC1(c2ccc(NC(=O)c3cccnc3NCc3ccncc3)cc2)CCCC1. The van der Waals surface area contributed by atoms with Gasteiger partial charge in [0.2, 0.25) is 0 Å². The summed E-state index contributed by atoms with van der Waals surface area (Å²) in [7, 11) is -3.67. The van der Waals surface area contributed by atoms with Gasteiger partial charge in [0.15, 0.2) is 0 Å². The van der Waals surface area contributed by atoms with Crippen LogP contribution in [0.2, 0.25) is 0 Å². The zero-order chi connectivity index (χ0) is 25.3. The van der Waals surface area contributed by atoms with E-state index in [0.29, 0.717) is 29.9 Å². The number of nitrogens with zero attached hydrogens (tertiary/aromatic N) is 3. The van der Waals surface area contributed by atoms with Gasteiger partial charge in [0.1, 0.15) is 5.82 Å². The number of carbonyl (C=O) groups is 1. The van der Waals surface area contributed by atoms with E-state index in [-0.39, 0.29) is 11.3 Å². The molecule has 35 heavy (non-hydrogen) atoms. The molecule has 10 heteroatoms. The number of hydrogen-bond acceptors (Lipinski definition) is 7. The molecule has 0 spiro atoms. The minimum Gasteiger partial charge on any atom is -0.365 e. The van der Waals surface area contributed by atoms with Crippen LogP contribution < -0.4 is 10.6 Å². The maximum absolute atomic E-state index is 12.9. The maximum atomic E-state index is 12.9. The van der Waals surface area contributed by atoms with Crippen LogP contribution >= 0.6 is 0 Å². The molecule has 0 unspecified atom stereocenters. The standard InChI is InChI=1S/C24H23N5O.CH4O3S/c25-17-24(11-1-2-12-24)19-5-7-20(8-6-19)29-23(30)21-4-3-13-27-22(21)28-16-18-9-14-26-15-10-18;1-5(2,3)4/h3-10,13-15H,1-2,11-12,16H2,(H,27,28)(H,29,30);1H3,(H,2,3,4). The molecule has 1 saturated carbocycles. The number of rotatable bonds is 6. The highest BCUT2D eigenvalue weighted by atomic mass is 32.2. The van der Waals surface area contributed by atoms with Crippen LogP contribution in [0, 0.1) is 11.3 Å². The van der Waals surface area contributed by atoms with Gasteiger partial charge >= 0.3 is 0 Å². The molecule has 3 N–H and O–H groups in total. The van der Waals surface area contributed by atoms with Crippen LogP contribution in [0.3, 0.4) is 0 Å². The fourth-order valence-corrected chi connectivity index (χ4v) is 3.93. The van der Waals surface area contributed by atoms with Crippen LogP contribution in [0.15, 0.2) is 67.1 Å². The fourth-order valence-electron chi connectivity index (χ4n) is 3.93. The van der Waals surface area contributed by atoms with Gasteiger partial charge in [-0.25, -0.2) is 4.98 Å². The molecule has 182 valence electrons. The van der Waals surface area contributed by atoms with Gasteiger partial charge < -0.3 is 10.6 Å². The van der Waals surface area contributed by atoms with Gasteiger partial charge in [-0.2, -0.15) is 13.7 Å². The summed E-state index contributed by atoms with van der Waals surface area (Å²) >= 11 is 0. The smallest absolute Gasteiger partial charge is 0.261 e. The molecule has 0 aliphatic heterocycles. The minimum absolute atomic E-state index is 0.232. The Morgan fingerprint density at radius 3 is 2.31 bits per heavy atom. The molecule has 1 fully saturated rings. The van der Waals surface area contributed by atoms with E-state index in [1.54, 1.807) is 30.7 Å². The summed E-state index contributed by atoms with van der Waals surface area (Å²) in [6, 6.07) is 17.5. The van der Waals surface area contributed by atoms with Gasteiger partial charge in [-0.15, -0.1) is 0 Å². The lowest BCUT2D eigenvalue weighted by molar-refractivity contribution is 0.102. The van der Waals surface area contributed by atoms with Crippen molar-refractivity contribution in [1.82, 2.24) is 9.97 Å². The van der Waals surface area contributed by atoms with E-state index >= 15 is 0 Å². The Bertz CT molecular complexity index is 1280. The van der Waals surface area contributed by atoms with Gasteiger partial charge in [0.25, 0.3) is 16.0 Å². The summed E-state index contributed by atoms with van der Waals surface area (Å²) in [5, 5.41) is 15.8. The van der Waals surface area contributed by atoms with E-state index < -0.39 is 10.1 Å². The van der Waals surface area contributed by atoms with Crippen molar-refractivity contribution in [3.8, 4) is 6.07 Å². The number of benzene rings is 1. The summed E-state index contributed by atoms with van der Waals surface area (Å²) in [5.41, 5.74) is 2.87. The molecule has 3 aromatic rings. The molecule has 1 amide bonds. The van der Waals surface area contributed by atoms with E-state index in [2.05, 4.69) is 26.7 Å². The number of amides is 1. The molecular weight excluding hydrogens is 466 g/mol. The van der Waals surface area contributed by atoms with Gasteiger partial charge in [-0.1, -0.05) is 25.0 Å². The molecule has 2 aromatic heterocycles. The van der Waals surface area contributed by atoms with Crippen LogP contribution in [0.5, 0.6) is 0 Å². The van der Waals surface area contributed by atoms with Crippen molar-refractivity contribution in [2.24, 2.45) is 0 Å². The molecule has 0 bridgehead atoms. The number of nitrogens with one attached hydrogen (secondary N) is 2. The number of carbonyl (C=O) groups excluding carboxylic acids is 1. The average molecular weight is 494 g/mol. The lowest BCUT2D eigenvalue weighted by atomic mass is 9.80. The van der Waals surface area contributed by atoms with Crippen LogP contribution in [-0.4, -0.2) is 35.1 Å². The quantitative estimate of drug-likeness (QED) is 0.434. The lowest BCUT2D eigenvalue weighted by Gasteiger charge is -2.21. The Morgan fingerprint density at radius 2 is 1.71 bits per heavy atom. The van der Waals surface area contributed by atoms with E-state index in [4.69, 9.17) is 4.55 Å². The van der Waals surface area contributed by atoms with Crippen molar-refractivity contribution < 1.29 is 17.8 Å². The van der Waals surface area contributed by atoms with E-state index in [1.165, 1.54) is 0 Å². The molecule has 0 atom stereocenters. The molecule has 1 aliphatic rings. The van der Waals surface area contributed by atoms with Gasteiger partial charge in [0, 0.05) is 30.8 Å². The first-order valence-electron chi connectivity index (χ1n) is 11.0. The van der Waals surface area contributed by atoms with Crippen LogP contribution in [0.25, 0.3) is 0 Å². The third-order valence-electron chi connectivity index (χ3n) is 5.63. The predicted octanol–water partition coefficient (Wildman–Crippen LogP) is 4.18. The molecular formula is C25H27N5O4S. The summed E-state index contributed by atoms with van der Waals surface area (Å²) < 4.78 is 25.9. The molecule has 0 radical (unpaired) electrons. The third kappa shape index (κ3) is 7.60. The Hall–Kier alpha value is -3.81. The fraction of sp³-hybridized carbons (Fsp3) is 0.280. The van der Waals surface area contributed by atoms with Crippen molar-refractivity contribution in [1.29, 1.82) is 5.26 Å². The average Bonchev–Trinajstić information content (AvgIpc) is 3.33. The Kier molecular flexibility index (Phi) is 8.52. The first kappa shape index (κ1) is 25.8. The molecule has 1 aliphatic carbocycles. The number of pyridine rings is 2. The maximum Gasteiger partial charge on any atom is 0.261 e. The van der Waals surface area contributed by atoms with E-state index in [1.807, 2.05) is 36.4 Å². The second-order valence-electron chi connectivity index (χ2n) is 8.27. The highest BCUT2D eigenvalue weighted by molar-refractivity contribution is 7.85.